The maximum absolute atomic E-state index is 12.9. The summed E-state index contributed by atoms with van der Waals surface area (Å²) in [6.45, 7) is 5.22. The third kappa shape index (κ3) is 4.26. The molecule has 0 radical (unpaired) electrons. The molecule has 3 rings (SSSR count). The van der Waals surface area contributed by atoms with Crippen LogP contribution in [0.3, 0.4) is 0 Å². The highest BCUT2D eigenvalue weighted by molar-refractivity contribution is 5.81. The number of carbonyl (C=O) groups excluding carboxylic acids is 1. The summed E-state index contributed by atoms with van der Waals surface area (Å²) in [5, 5.41) is 0. The van der Waals surface area contributed by atoms with E-state index in [1.54, 1.807) is 19.1 Å². The van der Waals surface area contributed by atoms with Crippen molar-refractivity contribution in [3.8, 4) is 5.75 Å². The van der Waals surface area contributed by atoms with E-state index in [9.17, 15) is 9.18 Å². The van der Waals surface area contributed by atoms with E-state index in [-0.39, 0.29) is 11.7 Å². The summed E-state index contributed by atoms with van der Waals surface area (Å²) >= 11 is 0. The van der Waals surface area contributed by atoms with Crippen LogP contribution in [0.4, 0.5) is 4.39 Å². The zero-order valence-corrected chi connectivity index (χ0v) is 14.4. The van der Waals surface area contributed by atoms with Gasteiger partial charge in [-0.1, -0.05) is 19.3 Å². The lowest BCUT2D eigenvalue weighted by molar-refractivity contribution is -0.140. The van der Waals surface area contributed by atoms with Gasteiger partial charge in [0.25, 0.3) is 5.91 Å². The molecule has 1 saturated heterocycles. The number of carbonyl (C=O) groups is 1. The molecule has 2 aliphatic rings. The van der Waals surface area contributed by atoms with Crippen molar-refractivity contribution in [2.24, 2.45) is 0 Å². The van der Waals surface area contributed by atoms with Crippen molar-refractivity contribution in [2.45, 2.75) is 51.2 Å². The molecule has 0 bridgehead atoms. The first-order valence-corrected chi connectivity index (χ1v) is 9.08. The highest BCUT2D eigenvalue weighted by atomic mass is 19.1. The Morgan fingerprint density at radius 2 is 1.71 bits per heavy atom. The molecule has 0 spiro atoms. The average Bonchev–Trinajstić information content (AvgIpc) is 2.64. The largest absolute Gasteiger partial charge is 0.481 e. The van der Waals surface area contributed by atoms with E-state index in [2.05, 4.69) is 4.90 Å². The van der Waals surface area contributed by atoms with E-state index in [4.69, 9.17) is 4.74 Å². The minimum Gasteiger partial charge on any atom is -0.481 e. The highest BCUT2D eigenvalue weighted by Crippen LogP contribution is 2.23. The van der Waals surface area contributed by atoms with Crippen LogP contribution in [0.25, 0.3) is 0 Å². The van der Waals surface area contributed by atoms with Crippen LogP contribution in [0.2, 0.25) is 0 Å². The molecule has 5 heteroatoms. The monoisotopic (exact) mass is 334 g/mol. The van der Waals surface area contributed by atoms with Crippen LogP contribution < -0.4 is 4.74 Å². The van der Waals surface area contributed by atoms with Gasteiger partial charge in [0, 0.05) is 32.2 Å². The van der Waals surface area contributed by atoms with Gasteiger partial charge < -0.3 is 9.64 Å². The van der Waals surface area contributed by atoms with Gasteiger partial charge in [0.05, 0.1) is 0 Å². The molecule has 24 heavy (non-hydrogen) atoms. The fraction of sp³-hybridized carbons (Fsp3) is 0.632. The summed E-state index contributed by atoms with van der Waals surface area (Å²) < 4.78 is 18.6. The second kappa shape index (κ2) is 7.97. The molecule has 1 aliphatic heterocycles. The van der Waals surface area contributed by atoms with Crippen molar-refractivity contribution in [3.05, 3.63) is 30.1 Å². The maximum atomic E-state index is 12.9. The molecule has 0 aromatic heterocycles. The smallest absolute Gasteiger partial charge is 0.263 e. The number of hydrogen-bond donors (Lipinski definition) is 0. The molecule has 1 heterocycles. The Morgan fingerprint density at radius 3 is 2.33 bits per heavy atom. The van der Waals surface area contributed by atoms with E-state index in [0.717, 1.165) is 26.2 Å². The Kier molecular flexibility index (Phi) is 5.72. The lowest BCUT2D eigenvalue weighted by Gasteiger charge is -2.41. The number of nitrogens with zero attached hydrogens (tertiary/aromatic N) is 2. The normalized spacial score (nSPS) is 21.5. The number of benzene rings is 1. The Morgan fingerprint density at radius 1 is 1.08 bits per heavy atom. The molecule has 4 nitrogen and oxygen atoms in total. The predicted octanol–water partition coefficient (Wildman–Crippen LogP) is 3.07. The summed E-state index contributed by atoms with van der Waals surface area (Å²) in [5.74, 6) is 0.237. The molecular formula is C19H27FN2O2. The highest BCUT2D eigenvalue weighted by Gasteiger charge is 2.29. The summed E-state index contributed by atoms with van der Waals surface area (Å²) in [6.07, 6.45) is 6.11. The van der Waals surface area contributed by atoms with E-state index >= 15 is 0 Å². The Bertz CT molecular complexity index is 535. The molecule has 0 N–H and O–H groups in total. The van der Waals surface area contributed by atoms with Crippen molar-refractivity contribution >= 4 is 5.91 Å². The second-order valence-corrected chi connectivity index (χ2v) is 6.87. The fourth-order valence-corrected chi connectivity index (χ4v) is 3.78. The van der Waals surface area contributed by atoms with E-state index in [1.807, 2.05) is 4.90 Å². The molecule has 1 aromatic rings. The molecule has 1 saturated carbocycles. The summed E-state index contributed by atoms with van der Waals surface area (Å²) in [5.41, 5.74) is 0. The lowest BCUT2D eigenvalue weighted by Crippen LogP contribution is -2.54. The zero-order chi connectivity index (χ0) is 16.9. The maximum Gasteiger partial charge on any atom is 0.263 e. The topological polar surface area (TPSA) is 32.8 Å². The van der Waals surface area contributed by atoms with Crippen LogP contribution >= 0.6 is 0 Å². The van der Waals surface area contributed by atoms with Gasteiger partial charge in [0.15, 0.2) is 6.10 Å². The van der Waals surface area contributed by atoms with E-state index in [0.29, 0.717) is 11.8 Å². The number of amides is 1. The van der Waals surface area contributed by atoms with Gasteiger partial charge >= 0.3 is 0 Å². The molecule has 1 aliphatic carbocycles. The van der Waals surface area contributed by atoms with Crippen LogP contribution in [0, 0.1) is 5.82 Å². The Hall–Kier alpha value is -1.62. The minimum atomic E-state index is -0.545. The lowest BCUT2D eigenvalue weighted by atomic mass is 9.94. The fourth-order valence-electron chi connectivity index (χ4n) is 3.78. The molecular weight excluding hydrogens is 307 g/mol. The number of ether oxygens (including phenoxy) is 1. The molecule has 132 valence electrons. The van der Waals surface area contributed by atoms with Crippen LogP contribution in [0.15, 0.2) is 24.3 Å². The molecule has 0 unspecified atom stereocenters. The Balaban J connectivity index is 1.48. The van der Waals surface area contributed by atoms with Gasteiger partial charge in [0.2, 0.25) is 0 Å². The predicted molar refractivity (Wildman–Crippen MR) is 91.5 cm³/mol. The van der Waals surface area contributed by atoms with Crippen molar-refractivity contribution in [1.82, 2.24) is 9.80 Å². The molecule has 1 aromatic carbocycles. The SMILES string of the molecule is C[C@H](Oc1ccc(F)cc1)C(=O)N1CCN(C2CCCCC2)CC1. The minimum absolute atomic E-state index is 0.0163. The van der Waals surface area contributed by atoms with Crippen LogP contribution in [0.1, 0.15) is 39.0 Å². The van der Waals surface area contributed by atoms with Gasteiger partial charge in [-0.25, -0.2) is 4.39 Å². The van der Waals surface area contributed by atoms with Crippen molar-refractivity contribution in [2.75, 3.05) is 26.2 Å². The summed E-state index contributed by atoms with van der Waals surface area (Å²) in [7, 11) is 0. The van der Waals surface area contributed by atoms with Crippen molar-refractivity contribution in [3.63, 3.8) is 0 Å². The van der Waals surface area contributed by atoms with Gasteiger partial charge in [-0.05, 0) is 44.0 Å². The number of piperazine rings is 1. The first-order valence-electron chi connectivity index (χ1n) is 9.08. The van der Waals surface area contributed by atoms with Gasteiger partial charge in [0.1, 0.15) is 11.6 Å². The number of hydrogen-bond acceptors (Lipinski definition) is 3. The average molecular weight is 334 g/mol. The quantitative estimate of drug-likeness (QED) is 0.848. The zero-order valence-electron chi connectivity index (χ0n) is 14.4. The van der Waals surface area contributed by atoms with Gasteiger partial charge in [-0.3, -0.25) is 9.69 Å². The van der Waals surface area contributed by atoms with Crippen LogP contribution in [-0.4, -0.2) is 54.0 Å². The Labute approximate surface area is 143 Å². The van der Waals surface area contributed by atoms with E-state index < -0.39 is 6.10 Å². The van der Waals surface area contributed by atoms with Gasteiger partial charge in [-0.15, -0.1) is 0 Å². The third-order valence-electron chi connectivity index (χ3n) is 5.19. The van der Waals surface area contributed by atoms with E-state index in [1.165, 1.54) is 44.2 Å². The van der Waals surface area contributed by atoms with Gasteiger partial charge in [-0.2, -0.15) is 0 Å². The van der Waals surface area contributed by atoms with Crippen LogP contribution in [0.5, 0.6) is 5.75 Å². The standard InChI is InChI=1S/C19H27FN2O2/c1-15(24-18-9-7-16(20)8-10-18)19(23)22-13-11-21(12-14-22)17-5-3-2-4-6-17/h7-10,15,17H,2-6,11-14H2,1H3/t15-/m0/s1. The molecule has 1 atom stereocenters. The first-order chi connectivity index (χ1) is 11.6. The van der Waals surface area contributed by atoms with Crippen LogP contribution in [-0.2, 0) is 4.79 Å². The summed E-state index contributed by atoms with van der Waals surface area (Å²) in [6, 6.07) is 6.51. The first kappa shape index (κ1) is 17.2. The number of halogens is 1. The molecule has 2 fully saturated rings. The third-order valence-corrected chi connectivity index (χ3v) is 5.19. The number of rotatable bonds is 4. The van der Waals surface area contributed by atoms with Crippen molar-refractivity contribution < 1.29 is 13.9 Å². The second-order valence-electron chi connectivity index (χ2n) is 6.87. The molecule has 1 amide bonds. The van der Waals surface area contributed by atoms with Crippen molar-refractivity contribution in [1.29, 1.82) is 0 Å². The summed E-state index contributed by atoms with van der Waals surface area (Å²) in [4.78, 5) is 17.0.